The molecule has 2 heterocycles. The number of hydrogen-bond acceptors (Lipinski definition) is 5. The van der Waals surface area contributed by atoms with Gasteiger partial charge in [0.2, 0.25) is 17.7 Å². The van der Waals surface area contributed by atoms with Crippen LogP contribution >= 0.6 is 0 Å². The third kappa shape index (κ3) is 5.39. The molecule has 1 fully saturated rings. The van der Waals surface area contributed by atoms with Crippen molar-refractivity contribution in [2.75, 3.05) is 26.2 Å². The SMILES string of the molecule is CCN(CC)[C@@H]1CCN(C(=O)CCc2nnc(CCc3ccccc3)o2)C1. The highest BCUT2D eigenvalue weighted by atomic mass is 16.4. The predicted molar refractivity (Wildman–Crippen MR) is 104 cm³/mol. The van der Waals surface area contributed by atoms with Gasteiger partial charge in [0.1, 0.15) is 0 Å². The van der Waals surface area contributed by atoms with Crippen molar-refractivity contribution in [3.63, 3.8) is 0 Å². The van der Waals surface area contributed by atoms with Gasteiger partial charge in [-0.05, 0) is 31.5 Å². The van der Waals surface area contributed by atoms with Gasteiger partial charge in [0.15, 0.2) is 0 Å². The summed E-state index contributed by atoms with van der Waals surface area (Å²) in [6.45, 7) is 8.13. The minimum absolute atomic E-state index is 0.189. The van der Waals surface area contributed by atoms with Crippen molar-refractivity contribution >= 4 is 5.91 Å². The smallest absolute Gasteiger partial charge is 0.223 e. The molecule has 1 aliphatic rings. The fourth-order valence-electron chi connectivity index (χ4n) is 3.76. The minimum atomic E-state index is 0.189. The number of rotatable bonds is 9. The van der Waals surface area contributed by atoms with Crippen molar-refractivity contribution in [3.05, 3.63) is 47.7 Å². The van der Waals surface area contributed by atoms with Gasteiger partial charge in [-0.25, -0.2) is 0 Å². The van der Waals surface area contributed by atoms with Crippen LogP contribution in [0, 0.1) is 0 Å². The summed E-state index contributed by atoms with van der Waals surface area (Å²) in [4.78, 5) is 16.9. The third-order valence-corrected chi connectivity index (χ3v) is 5.38. The number of likely N-dealkylation sites (N-methyl/N-ethyl adjacent to an activating group) is 1. The molecule has 1 aliphatic heterocycles. The molecule has 6 heteroatoms. The lowest BCUT2D eigenvalue weighted by molar-refractivity contribution is -0.130. The molecule has 1 amide bonds. The van der Waals surface area contributed by atoms with Crippen LogP contribution in [0.15, 0.2) is 34.7 Å². The van der Waals surface area contributed by atoms with E-state index in [1.54, 1.807) is 0 Å². The molecule has 0 saturated carbocycles. The highest BCUT2D eigenvalue weighted by Gasteiger charge is 2.29. The average Bonchev–Trinajstić information content (AvgIpc) is 3.36. The second-order valence-corrected chi connectivity index (χ2v) is 7.08. The van der Waals surface area contributed by atoms with Gasteiger partial charge in [-0.1, -0.05) is 44.2 Å². The normalized spacial score (nSPS) is 17.0. The largest absolute Gasteiger partial charge is 0.425 e. The van der Waals surface area contributed by atoms with Crippen LogP contribution in [0.25, 0.3) is 0 Å². The Kier molecular flexibility index (Phi) is 6.98. The Morgan fingerprint density at radius 3 is 2.52 bits per heavy atom. The lowest BCUT2D eigenvalue weighted by Gasteiger charge is -2.26. The Bertz CT molecular complexity index is 712. The molecule has 0 aliphatic carbocycles. The van der Waals surface area contributed by atoms with E-state index < -0.39 is 0 Å². The molecule has 0 unspecified atom stereocenters. The van der Waals surface area contributed by atoms with Gasteiger partial charge in [0, 0.05) is 38.4 Å². The van der Waals surface area contributed by atoms with E-state index in [0.717, 1.165) is 45.4 Å². The highest BCUT2D eigenvalue weighted by Crippen LogP contribution is 2.17. The number of carbonyl (C=O) groups excluding carboxylic acids is 1. The second kappa shape index (κ2) is 9.65. The molecule has 0 spiro atoms. The van der Waals surface area contributed by atoms with Crippen LogP contribution in [0.4, 0.5) is 0 Å². The van der Waals surface area contributed by atoms with Crippen LogP contribution in [0.5, 0.6) is 0 Å². The number of aryl methyl sites for hydroxylation is 3. The van der Waals surface area contributed by atoms with E-state index in [1.165, 1.54) is 5.56 Å². The first kappa shape index (κ1) is 19.5. The molecule has 1 aromatic heterocycles. The van der Waals surface area contributed by atoms with Crippen LogP contribution in [0.1, 0.15) is 44.0 Å². The first-order chi connectivity index (χ1) is 13.2. The highest BCUT2D eigenvalue weighted by molar-refractivity contribution is 5.76. The molecular formula is C21H30N4O2. The van der Waals surface area contributed by atoms with Gasteiger partial charge < -0.3 is 9.32 Å². The predicted octanol–water partition coefficient (Wildman–Crippen LogP) is 2.73. The Morgan fingerprint density at radius 2 is 1.81 bits per heavy atom. The van der Waals surface area contributed by atoms with Crippen molar-refractivity contribution in [3.8, 4) is 0 Å². The Hall–Kier alpha value is -2.21. The Labute approximate surface area is 161 Å². The molecule has 6 nitrogen and oxygen atoms in total. The minimum Gasteiger partial charge on any atom is -0.425 e. The number of nitrogens with zero attached hydrogens (tertiary/aromatic N) is 4. The van der Waals surface area contributed by atoms with E-state index in [9.17, 15) is 4.79 Å². The van der Waals surface area contributed by atoms with Crippen LogP contribution < -0.4 is 0 Å². The standard InChI is InChI=1S/C21H30N4O2/c1-3-24(4-2)18-14-15-25(16-18)21(26)13-12-20-23-22-19(27-20)11-10-17-8-6-5-7-9-17/h5-9,18H,3-4,10-16H2,1-2H3/t18-/m1/s1. The first-order valence-corrected chi connectivity index (χ1v) is 10.1. The molecule has 3 rings (SSSR count). The zero-order valence-electron chi connectivity index (χ0n) is 16.4. The van der Waals surface area contributed by atoms with Gasteiger partial charge in [-0.3, -0.25) is 9.69 Å². The third-order valence-electron chi connectivity index (χ3n) is 5.38. The molecule has 146 valence electrons. The van der Waals surface area contributed by atoms with E-state index in [-0.39, 0.29) is 5.91 Å². The summed E-state index contributed by atoms with van der Waals surface area (Å²) < 4.78 is 5.71. The van der Waals surface area contributed by atoms with Crippen LogP contribution in [-0.2, 0) is 24.1 Å². The molecule has 27 heavy (non-hydrogen) atoms. The lowest BCUT2D eigenvalue weighted by atomic mass is 10.1. The molecule has 1 atom stereocenters. The van der Waals surface area contributed by atoms with Crippen molar-refractivity contribution < 1.29 is 9.21 Å². The van der Waals surface area contributed by atoms with Crippen LogP contribution in [0.2, 0.25) is 0 Å². The van der Waals surface area contributed by atoms with E-state index in [4.69, 9.17) is 4.42 Å². The summed E-state index contributed by atoms with van der Waals surface area (Å²) in [5.41, 5.74) is 1.25. The fourth-order valence-corrected chi connectivity index (χ4v) is 3.76. The van der Waals surface area contributed by atoms with Crippen molar-refractivity contribution in [1.29, 1.82) is 0 Å². The van der Waals surface area contributed by atoms with E-state index >= 15 is 0 Å². The first-order valence-electron chi connectivity index (χ1n) is 10.1. The average molecular weight is 370 g/mol. The van der Waals surface area contributed by atoms with Gasteiger partial charge in [-0.15, -0.1) is 10.2 Å². The van der Waals surface area contributed by atoms with E-state index in [1.807, 2.05) is 23.1 Å². The summed E-state index contributed by atoms with van der Waals surface area (Å²) in [5.74, 6) is 1.39. The molecule has 0 radical (unpaired) electrons. The summed E-state index contributed by atoms with van der Waals surface area (Å²) in [7, 11) is 0. The molecular weight excluding hydrogens is 340 g/mol. The van der Waals surface area contributed by atoms with E-state index in [0.29, 0.717) is 30.7 Å². The number of carbonyl (C=O) groups is 1. The van der Waals surface area contributed by atoms with Gasteiger partial charge >= 0.3 is 0 Å². The quantitative estimate of drug-likeness (QED) is 0.679. The topological polar surface area (TPSA) is 62.5 Å². The van der Waals surface area contributed by atoms with Crippen molar-refractivity contribution in [1.82, 2.24) is 20.0 Å². The summed E-state index contributed by atoms with van der Waals surface area (Å²) in [6, 6.07) is 10.8. The monoisotopic (exact) mass is 370 g/mol. The Balaban J connectivity index is 1.42. The van der Waals surface area contributed by atoms with Crippen LogP contribution in [0.3, 0.4) is 0 Å². The number of aromatic nitrogens is 2. The number of hydrogen-bond donors (Lipinski definition) is 0. The number of benzene rings is 1. The van der Waals surface area contributed by atoms with Gasteiger partial charge in [-0.2, -0.15) is 0 Å². The molecule has 1 aromatic carbocycles. The van der Waals surface area contributed by atoms with Gasteiger partial charge in [0.05, 0.1) is 0 Å². The molecule has 2 aromatic rings. The zero-order valence-corrected chi connectivity index (χ0v) is 16.4. The molecule has 0 N–H and O–H groups in total. The molecule has 0 bridgehead atoms. The van der Waals surface area contributed by atoms with Crippen molar-refractivity contribution in [2.45, 2.75) is 52.0 Å². The Morgan fingerprint density at radius 1 is 1.11 bits per heavy atom. The maximum Gasteiger partial charge on any atom is 0.223 e. The van der Waals surface area contributed by atoms with Crippen LogP contribution in [-0.4, -0.2) is 58.1 Å². The summed E-state index contributed by atoms with van der Waals surface area (Å²) in [5, 5.41) is 8.22. The lowest BCUT2D eigenvalue weighted by Crippen LogP contribution is -2.38. The maximum absolute atomic E-state index is 12.5. The summed E-state index contributed by atoms with van der Waals surface area (Å²) >= 11 is 0. The zero-order chi connectivity index (χ0) is 19.1. The molecule has 1 saturated heterocycles. The van der Waals surface area contributed by atoms with Gasteiger partial charge in [0.25, 0.3) is 0 Å². The number of likely N-dealkylation sites (tertiary alicyclic amines) is 1. The maximum atomic E-state index is 12.5. The summed E-state index contributed by atoms with van der Waals surface area (Å²) in [6.07, 6.45) is 3.62. The van der Waals surface area contributed by atoms with Crippen molar-refractivity contribution in [2.24, 2.45) is 0 Å². The van der Waals surface area contributed by atoms with E-state index in [2.05, 4.69) is 41.1 Å². The fraction of sp³-hybridized carbons (Fsp3) is 0.571. The second-order valence-electron chi connectivity index (χ2n) is 7.08. The number of amides is 1.